The van der Waals surface area contributed by atoms with Gasteiger partial charge in [-0.15, -0.1) is 25.0 Å². The fourth-order valence-electron chi connectivity index (χ4n) is 7.71. The molecule has 2 aromatic heterocycles. The standard InChI is InChI=1S/C47H44N18O25S4.4Na/c66-19-48-84-88-90-91-27-13-22-16-32(93(78,79)80)38(63-59-24-7-5-21(6-8-24)41(72)73)40(71)35(22)29(17-27)50-42-52-44(56-46(74)54-42)64-60-33(68)3-1-2-4-34(69)61-65-45-53-43(55-47(75)57-45)51-30-18-28(94(81,82)85-49-20-67)14-23-15-31(92-89-87-77)37(39(70)36(23)30)62-58-25-9-11-26(12-10-25)83-86-76;;;;/h5-18,48-49,66-67,70-71,76-77H,1-4,19-20H2,(H,60,68)(H,61,69)(H,72,73)(H,78,79,80)(H3,50,52,54,56,64,74)(H3,51,53,55,57,65,75);;;;/q;4*+1/p-4. The first-order valence-electron chi connectivity index (χ1n) is 25.4. The molecule has 2 amide bonds. The predicted molar refractivity (Wildman–Crippen MR) is 304 cm³/mol. The number of aromatic carboxylic acids is 1. The van der Waals surface area contributed by atoms with E-state index in [1.165, 1.54) is 54.6 Å². The number of carboxylic acids is 1. The number of amides is 2. The minimum Gasteiger partial charge on any atom is -0.744 e. The van der Waals surface area contributed by atoms with Crippen molar-refractivity contribution in [1.82, 2.24) is 51.7 Å². The zero-order chi connectivity index (χ0) is 67.5. The summed E-state index contributed by atoms with van der Waals surface area (Å²) in [6.07, 6.45) is -0.307. The maximum absolute atomic E-state index is 13.2. The van der Waals surface area contributed by atoms with E-state index in [4.69, 9.17) is 9.44 Å². The zero-order valence-corrected chi connectivity index (χ0v) is 61.6. The van der Waals surface area contributed by atoms with E-state index < -0.39 is 120 Å². The third-order valence-electron chi connectivity index (χ3n) is 11.5. The van der Waals surface area contributed by atoms with Crippen molar-refractivity contribution in [3.8, 4) is 29.3 Å². The number of rotatable bonds is 34. The molecule has 0 saturated heterocycles. The molecule has 0 spiro atoms. The van der Waals surface area contributed by atoms with Crippen LogP contribution < -0.4 is 182 Å². The number of nitrogens with zero attached hydrogens (tertiary/aromatic N) is 10. The quantitative estimate of drug-likeness (QED) is 0.00260. The van der Waals surface area contributed by atoms with Gasteiger partial charge in [-0.2, -0.15) is 62.6 Å². The molecule has 98 heavy (non-hydrogen) atoms. The van der Waals surface area contributed by atoms with E-state index in [1.807, 2.05) is 5.48 Å². The number of hydrogen-bond acceptors (Lipinski definition) is 43. The number of aliphatic hydroxyl groups is 2. The van der Waals surface area contributed by atoms with Gasteiger partial charge in [0, 0.05) is 28.5 Å². The number of fused-ring (bicyclic) bond motifs is 2. The third-order valence-corrected chi connectivity index (χ3v) is 14.7. The molecular formula is C47H40N18Na4O25S4. The number of benzene rings is 6. The van der Waals surface area contributed by atoms with Gasteiger partial charge in [0.2, 0.25) is 35.6 Å². The largest absolute Gasteiger partial charge is 1.00 e. The van der Waals surface area contributed by atoms with Crippen molar-refractivity contribution >= 4 is 142 Å². The maximum Gasteiger partial charge on any atom is 1.00 e. The van der Waals surface area contributed by atoms with E-state index in [9.17, 15) is 76.9 Å². The summed E-state index contributed by atoms with van der Waals surface area (Å²) in [5.41, 5.74) is 11.1. The molecule has 8 aromatic rings. The van der Waals surface area contributed by atoms with Crippen molar-refractivity contribution in [1.29, 1.82) is 0 Å². The first-order chi connectivity index (χ1) is 45.0. The summed E-state index contributed by atoms with van der Waals surface area (Å²) in [4.78, 5) is 67.1. The van der Waals surface area contributed by atoms with E-state index in [1.54, 1.807) is 5.48 Å². The number of aromatic nitrogens is 6. The van der Waals surface area contributed by atoms with Crippen LogP contribution in [0.4, 0.5) is 57.9 Å². The summed E-state index contributed by atoms with van der Waals surface area (Å²) in [5.74, 6) is -6.64. The number of nitrogens with one attached hydrogen (secondary N) is 8. The summed E-state index contributed by atoms with van der Waals surface area (Å²) in [5, 5.41) is 126. The van der Waals surface area contributed by atoms with E-state index in [-0.39, 0.29) is 221 Å². The molecular weight excluding hydrogens is 1440 g/mol. The van der Waals surface area contributed by atoms with Crippen LogP contribution in [0.5, 0.6) is 29.3 Å². The first kappa shape index (κ1) is 84.1. The Bertz CT molecular complexity index is 4410. The van der Waals surface area contributed by atoms with Gasteiger partial charge in [0.05, 0.1) is 67.5 Å². The smallest absolute Gasteiger partial charge is 0.744 e. The number of carbonyl (C=O) groups excluding carboxylic acids is 3. The Morgan fingerprint density at radius 3 is 1.63 bits per heavy atom. The van der Waals surface area contributed by atoms with Crippen LogP contribution >= 0.6 is 24.1 Å². The molecule has 0 aliphatic carbocycles. The summed E-state index contributed by atoms with van der Waals surface area (Å²) in [7, 11) is -10.2. The molecule has 0 atom stereocenters. The van der Waals surface area contributed by atoms with E-state index in [0.29, 0.717) is 12.0 Å². The van der Waals surface area contributed by atoms with Crippen LogP contribution in [0.3, 0.4) is 0 Å². The van der Waals surface area contributed by atoms with Crippen LogP contribution in [-0.2, 0) is 62.9 Å². The fraction of sp³-hybridized carbons (Fsp3) is 0.128. The SMILES string of the molecule is O=C(CCCCC(=O)NNc1nc(O)nc(Nc2cc(SOOONCO)cc3cc(S(=O)(=O)[O-])c(N=Nc4ccc(C(=O)[O-])cc4)c(O)c23)n1)NNc1nc(O)nc(Nc2cc(S(=O)(=O)ONCO)cc3cc(SOO[O-])c(N=Nc4ccc(OO[O-])cc4)c(O)c23)n1.[Na+].[Na+].[Na+].[Na+]. The summed E-state index contributed by atoms with van der Waals surface area (Å²) in [6, 6.07) is 14.3. The van der Waals surface area contributed by atoms with E-state index in [2.05, 4.69) is 116 Å². The number of hydrazine groups is 2. The maximum atomic E-state index is 13.2. The molecule has 0 radical (unpaired) electrons. The molecule has 0 aliphatic heterocycles. The predicted octanol–water partition coefficient (Wildman–Crippen LogP) is -10.7. The Morgan fingerprint density at radius 2 is 1.10 bits per heavy atom. The number of phenols is 2. The molecule has 0 aliphatic rings. The van der Waals surface area contributed by atoms with Gasteiger partial charge in [0.1, 0.15) is 35.0 Å². The minimum absolute atomic E-state index is 0. The van der Waals surface area contributed by atoms with Crippen LogP contribution in [0.1, 0.15) is 36.0 Å². The van der Waals surface area contributed by atoms with Crippen LogP contribution in [-0.4, -0.2) is 113 Å². The van der Waals surface area contributed by atoms with Gasteiger partial charge in [-0.25, -0.2) is 13.5 Å². The molecule has 6 aromatic carbocycles. The van der Waals surface area contributed by atoms with Gasteiger partial charge in [0.25, 0.3) is 0 Å². The Balaban J connectivity index is 0.00000510. The molecule has 0 unspecified atom stereocenters. The van der Waals surface area contributed by atoms with Crippen LogP contribution in [0.25, 0.3) is 21.5 Å². The molecule has 43 nitrogen and oxygen atoms in total. The van der Waals surface area contributed by atoms with Crippen molar-refractivity contribution in [3.63, 3.8) is 0 Å². The van der Waals surface area contributed by atoms with Crippen molar-refractivity contribution in [2.24, 2.45) is 20.5 Å². The molecule has 0 bridgehead atoms. The van der Waals surface area contributed by atoms with E-state index >= 15 is 0 Å². The average Bonchev–Trinajstić information content (AvgIpc) is 0.761. The molecule has 51 heteroatoms. The van der Waals surface area contributed by atoms with Gasteiger partial charge in [-0.05, 0) is 107 Å². The molecule has 496 valence electrons. The Kier molecular flexibility index (Phi) is 34.5. The zero-order valence-electron chi connectivity index (χ0n) is 50.4. The number of hydroxylamine groups is 2. The molecule has 0 fully saturated rings. The Morgan fingerprint density at radius 1 is 0.582 bits per heavy atom. The number of azo groups is 2. The van der Waals surface area contributed by atoms with E-state index in [0.717, 1.165) is 30.3 Å². The van der Waals surface area contributed by atoms with Gasteiger partial charge < -0.3 is 71.1 Å². The van der Waals surface area contributed by atoms with Crippen LogP contribution in [0.2, 0.25) is 0 Å². The van der Waals surface area contributed by atoms with Gasteiger partial charge in [-0.3, -0.25) is 36.3 Å². The number of hydrogen-bond donors (Lipinski definition) is 14. The summed E-state index contributed by atoms with van der Waals surface area (Å²) >= 11 is 0.648. The topological polar surface area (TPSA) is 630 Å². The van der Waals surface area contributed by atoms with Gasteiger partial charge in [0.15, 0.2) is 17.2 Å². The third kappa shape index (κ3) is 23.9. The molecule has 0 saturated carbocycles. The Hall–Kier alpha value is -6.29. The second-order valence-electron chi connectivity index (χ2n) is 17.6. The molecule has 14 N–H and O–H groups in total. The number of aliphatic hydroxyl groups excluding tert-OH is 2. The summed E-state index contributed by atoms with van der Waals surface area (Å²) < 4.78 is 78.0. The van der Waals surface area contributed by atoms with Crippen molar-refractivity contribution in [2.75, 3.05) is 34.9 Å². The Labute approximate surface area is 645 Å². The second kappa shape index (κ2) is 40.2. The molecule has 2 heterocycles. The number of carboxylic acid groups (broad SMARTS) is 1. The number of carbonyl (C=O) groups is 3. The average molecular weight is 1480 g/mol. The number of aromatic hydroxyl groups is 4. The molecule has 8 rings (SSSR count). The second-order valence-corrected chi connectivity index (χ2v) is 22.1. The van der Waals surface area contributed by atoms with Crippen molar-refractivity contribution in [3.05, 3.63) is 90.5 Å². The number of unbranched alkanes of at least 4 members (excludes halogenated alkanes) is 1. The fourth-order valence-corrected chi connectivity index (χ4v) is 10.2. The van der Waals surface area contributed by atoms with Crippen molar-refractivity contribution in [2.45, 2.75) is 45.3 Å². The van der Waals surface area contributed by atoms with Crippen molar-refractivity contribution < 1.29 is 238 Å². The van der Waals surface area contributed by atoms with Crippen LogP contribution in [0.15, 0.2) is 125 Å². The first-order valence-corrected chi connectivity index (χ1v) is 29.7. The minimum atomic E-state index is -5.43. The normalized spacial score (nSPS) is 11.3. The van der Waals surface area contributed by atoms with Gasteiger partial charge in [-0.1, -0.05) is 12.1 Å². The number of anilines is 6. The van der Waals surface area contributed by atoms with Gasteiger partial charge >= 0.3 is 140 Å². The monoisotopic (exact) mass is 1480 g/mol. The summed E-state index contributed by atoms with van der Waals surface area (Å²) in [6.45, 7) is -1.64. The van der Waals surface area contributed by atoms with Crippen LogP contribution in [0, 0.1) is 0 Å². The number of phenolic OH excluding ortho intramolecular Hbond substituents is 2.